The minimum atomic E-state index is -1.69. The Labute approximate surface area is 208 Å². The normalized spacial score (nSPS) is 17.8. The Bertz CT molecular complexity index is 1310. The van der Waals surface area contributed by atoms with Gasteiger partial charge in [-0.1, -0.05) is 36.4 Å². The molecule has 0 bridgehead atoms. The molecule has 0 aliphatic carbocycles. The molecule has 5 rings (SSSR count). The van der Waals surface area contributed by atoms with E-state index in [0.717, 1.165) is 16.7 Å². The summed E-state index contributed by atoms with van der Waals surface area (Å²) in [5.41, 5.74) is 9.64. The van der Waals surface area contributed by atoms with Crippen molar-refractivity contribution in [3.63, 3.8) is 0 Å². The predicted octanol–water partition coefficient (Wildman–Crippen LogP) is 2.22. The van der Waals surface area contributed by atoms with Crippen LogP contribution in [0.2, 0.25) is 0 Å². The number of carbonyl (C=O) groups is 2. The van der Waals surface area contributed by atoms with Crippen LogP contribution < -0.4 is 20.7 Å². The molecule has 36 heavy (non-hydrogen) atoms. The maximum atomic E-state index is 13.2. The van der Waals surface area contributed by atoms with Gasteiger partial charge >= 0.3 is 0 Å². The van der Waals surface area contributed by atoms with Crippen LogP contribution in [0.4, 0.5) is 11.4 Å². The molecule has 2 unspecified atom stereocenters. The van der Waals surface area contributed by atoms with Crippen molar-refractivity contribution in [3.8, 4) is 5.75 Å². The van der Waals surface area contributed by atoms with Crippen molar-refractivity contribution in [2.45, 2.75) is 25.4 Å². The second-order valence-corrected chi connectivity index (χ2v) is 8.56. The zero-order chi connectivity index (χ0) is 25.1. The topological polar surface area (TPSA) is 126 Å². The number of nitrogens with one attached hydrogen (secondary N) is 1. The fraction of sp³-hybridized carbons (Fsp3) is 0.222. The van der Waals surface area contributed by atoms with Crippen molar-refractivity contribution in [2.24, 2.45) is 10.7 Å². The molecule has 3 aromatic carbocycles. The highest BCUT2D eigenvalue weighted by atomic mass is 16.5. The summed E-state index contributed by atoms with van der Waals surface area (Å²) in [5.74, 6) is -0.174. The molecule has 0 radical (unpaired) electrons. The minimum Gasteiger partial charge on any atom is -0.489 e. The summed E-state index contributed by atoms with van der Waals surface area (Å²) in [6, 6.07) is 22.1. The van der Waals surface area contributed by atoms with Gasteiger partial charge in [-0.3, -0.25) is 14.6 Å². The Kier molecular flexibility index (Phi) is 6.66. The van der Waals surface area contributed by atoms with Gasteiger partial charge in [-0.2, -0.15) is 0 Å². The van der Waals surface area contributed by atoms with E-state index in [2.05, 4.69) is 10.3 Å². The van der Waals surface area contributed by atoms with Crippen LogP contribution in [0, 0.1) is 0 Å². The number of amides is 2. The number of carbonyl (C=O) groups excluding carboxylic acids is 2. The van der Waals surface area contributed by atoms with Gasteiger partial charge in [-0.15, -0.1) is 0 Å². The first kappa shape index (κ1) is 23.5. The molecule has 184 valence electrons. The van der Waals surface area contributed by atoms with Gasteiger partial charge in [0.15, 0.2) is 12.2 Å². The number of benzene rings is 3. The molecule has 1 fully saturated rings. The summed E-state index contributed by atoms with van der Waals surface area (Å²) < 4.78 is 11.4. The van der Waals surface area contributed by atoms with Crippen LogP contribution in [0.5, 0.6) is 5.75 Å². The Morgan fingerprint density at radius 1 is 1.17 bits per heavy atom. The highest BCUT2D eigenvalue weighted by Crippen LogP contribution is 2.26. The highest BCUT2D eigenvalue weighted by Gasteiger charge is 2.39. The van der Waals surface area contributed by atoms with Gasteiger partial charge in [0.1, 0.15) is 18.2 Å². The summed E-state index contributed by atoms with van der Waals surface area (Å²) >= 11 is 0. The molecule has 2 atom stereocenters. The summed E-state index contributed by atoms with van der Waals surface area (Å²) in [4.78, 5) is 31.6. The highest BCUT2D eigenvalue weighted by molar-refractivity contribution is 6.05. The van der Waals surface area contributed by atoms with E-state index >= 15 is 0 Å². The lowest BCUT2D eigenvalue weighted by molar-refractivity contribution is -0.150. The summed E-state index contributed by atoms with van der Waals surface area (Å²) in [5, 5.41) is 13.3. The quantitative estimate of drug-likeness (QED) is 0.470. The zero-order valence-corrected chi connectivity index (χ0v) is 19.5. The van der Waals surface area contributed by atoms with E-state index in [4.69, 9.17) is 15.2 Å². The smallest absolute Gasteiger partial charge is 0.259 e. The molecule has 3 aromatic rings. The van der Waals surface area contributed by atoms with Crippen molar-refractivity contribution in [1.82, 2.24) is 0 Å². The van der Waals surface area contributed by atoms with Crippen molar-refractivity contribution < 1.29 is 24.2 Å². The number of aliphatic hydroxyl groups excluding tert-OH is 1. The number of aliphatic hydroxyl groups is 1. The van der Waals surface area contributed by atoms with Gasteiger partial charge in [-0.25, -0.2) is 0 Å². The summed E-state index contributed by atoms with van der Waals surface area (Å²) in [7, 11) is 0. The molecule has 2 amide bonds. The van der Waals surface area contributed by atoms with E-state index in [9.17, 15) is 14.7 Å². The fourth-order valence-corrected chi connectivity index (χ4v) is 4.23. The van der Waals surface area contributed by atoms with Crippen LogP contribution in [-0.2, 0) is 27.5 Å². The average Bonchev–Trinajstić information content (AvgIpc) is 3.27. The SMILES string of the molecule is NC1=NCc2cc(NC(=O)C(O)C3OCCN(c4cccc(OCc5ccccc5)c4)C3=O)ccc21. The molecule has 9 heteroatoms. The lowest BCUT2D eigenvalue weighted by Crippen LogP contribution is -2.55. The molecular formula is C27H26N4O5. The molecular weight excluding hydrogens is 460 g/mol. The number of hydrogen-bond donors (Lipinski definition) is 3. The third-order valence-corrected chi connectivity index (χ3v) is 6.12. The summed E-state index contributed by atoms with van der Waals surface area (Å²) in [6.45, 7) is 1.29. The molecule has 2 heterocycles. The lowest BCUT2D eigenvalue weighted by atomic mass is 10.1. The first-order chi connectivity index (χ1) is 17.5. The Morgan fingerprint density at radius 3 is 2.83 bits per heavy atom. The molecule has 0 spiro atoms. The van der Waals surface area contributed by atoms with E-state index in [1.165, 1.54) is 4.90 Å². The van der Waals surface area contributed by atoms with Crippen LogP contribution in [0.1, 0.15) is 16.7 Å². The number of amidine groups is 1. The fourth-order valence-electron chi connectivity index (χ4n) is 4.23. The second-order valence-electron chi connectivity index (χ2n) is 8.56. The predicted molar refractivity (Wildman–Crippen MR) is 135 cm³/mol. The molecule has 0 aromatic heterocycles. The molecule has 9 nitrogen and oxygen atoms in total. The zero-order valence-electron chi connectivity index (χ0n) is 19.5. The Morgan fingerprint density at radius 2 is 2.00 bits per heavy atom. The number of nitrogens with two attached hydrogens (primary N) is 1. The van der Waals surface area contributed by atoms with Gasteiger partial charge in [-0.05, 0) is 41.5 Å². The standard InChI is InChI=1S/C27H26N4O5/c28-25-22-10-9-19(13-18(22)15-29-25)30-26(33)23(32)24-27(34)31(11-12-35-24)20-7-4-8-21(14-20)36-16-17-5-2-1-3-6-17/h1-10,13-14,23-24,32H,11-12,15-16H2,(H2,28,29)(H,30,33). The van der Waals surface area contributed by atoms with E-state index in [1.807, 2.05) is 36.4 Å². The van der Waals surface area contributed by atoms with E-state index in [1.54, 1.807) is 36.4 Å². The number of ether oxygens (including phenoxy) is 2. The van der Waals surface area contributed by atoms with Crippen molar-refractivity contribution in [3.05, 3.63) is 89.5 Å². The van der Waals surface area contributed by atoms with E-state index in [-0.39, 0.29) is 13.2 Å². The second kappa shape index (κ2) is 10.2. The van der Waals surface area contributed by atoms with Crippen molar-refractivity contribution in [1.29, 1.82) is 0 Å². The molecule has 0 saturated carbocycles. The third kappa shape index (κ3) is 4.93. The number of rotatable bonds is 7. The van der Waals surface area contributed by atoms with Crippen LogP contribution in [0.15, 0.2) is 77.8 Å². The number of anilines is 2. The molecule has 2 aliphatic heterocycles. The first-order valence-electron chi connectivity index (χ1n) is 11.6. The maximum Gasteiger partial charge on any atom is 0.259 e. The number of aliphatic imine (C=N–C) groups is 1. The Balaban J connectivity index is 1.24. The van der Waals surface area contributed by atoms with Crippen molar-refractivity contribution in [2.75, 3.05) is 23.4 Å². The summed E-state index contributed by atoms with van der Waals surface area (Å²) in [6.07, 6.45) is -3.02. The number of morpholine rings is 1. The monoisotopic (exact) mass is 486 g/mol. The third-order valence-electron chi connectivity index (χ3n) is 6.12. The van der Waals surface area contributed by atoms with Crippen LogP contribution in [0.3, 0.4) is 0 Å². The number of fused-ring (bicyclic) bond motifs is 1. The van der Waals surface area contributed by atoms with Crippen LogP contribution in [0.25, 0.3) is 0 Å². The number of hydrogen-bond acceptors (Lipinski definition) is 7. The average molecular weight is 487 g/mol. The maximum absolute atomic E-state index is 13.2. The van der Waals surface area contributed by atoms with Gasteiger partial charge in [0.05, 0.1) is 13.2 Å². The largest absolute Gasteiger partial charge is 0.489 e. The lowest BCUT2D eigenvalue weighted by Gasteiger charge is -2.34. The molecule has 1 saturated heterocycles. The van der Waals surface area contributed by atoms with Gasteiger partial charge in [0.25, 0.3) is 11.8 Å². The Hall–Kier alpha value is -4.21. The first-order valence-corrected chi connectivity index (χ1v) is 11.6. The van der Waals surface area contributed by atoms with Gasteiger partial charge in [0.2, 0.25) is 0 Å². The van der Waals surface area contributed by atoms with E-state index in [0.29, 0.717) is 36.1 Å². The van der Waals surface area contributed by atoms with Gasteiger partial charge in [0, 0.05) is 29.5 Å². The molecule has 2 aliphatic rings. The van der Waals surface area contributed by atoms with Crippen molar-refractivity contribution >= 4 is 29.0 Å². The van der Waals surface area contributed by atoms with Crippen LogP contribution in [-0.4, -0.2) is 48.1 Å². The van der Waals surface area contributed by atoms with Gasteiger partial charge < -0.3 is 30.5 Å². The van der Waals surface area contributed by atoms with Crippen LogP contribution >= 0.6 is 0 Å². The molecule has 4 N–H and O–H groups in total. The number of nitrogens with zero attached hydrogens (tertiary/aromatic N) is 2. The van der Waals surface area contributed by atoms with E-state index < -0.39 is 24.0 Å². The minimum absolute atomic E-state index is 0.172.